The van der Waals surface area contributed by atoms with Crippen LogP contribution in [-0.4, -0.2) is 64.8 Å². The first-order chi connectivity index (χ1) is 13.1. The second-order valence-electron chi connectivity index (χ2n) is 6.18. The molecule has 10 heteroatoms. The van der Waals surface area contributed by atoms with Crippen LogP contribution in [0.1, 0.15) is 12.5 Å². The normalized spacial score (nSPS) is 14.7. The Morgan fingerprint density at radius 1 is 1.39 bits per heavy atom. The summed E-state index contributed by atoms with van der Waals surface area (Å²) in [6, 6.07) is 3.82. The van der Waals surface area contributed by atoms with E-state index in [0.29, 0.717) is 38.1 Å². The summed E-state index contributed by atoms with van der Waals surface area (Å²) >= 11 is 0. The lowest BCUT2D eigenvalue weighted by molar-refractivity contribution is -0.120. The van der Waals surface area contributed by atoms with E-state index in [1.807, 2.05) is 37.2 Å². The largest absolute Gasteiger partial charge is 0.478 e. The van der Waals surface area contributed by atoms with E-state index in [0.717, 1.165) is 11.3 Å². The van der Waals surface area contributed by atoms with Crippen LogP contribution in [0.5, 0.6) is 5.88 Å². The minimum atomic E-state index is 0. The third-order valence-electron chi connectivity index (χ3n) is 4.28. The number of nitrogens with zero attached hydrogens (tertiary/aromatic N) is 6. The van der Waals surface area contributed by atoms with Gasteiger partial charge in [-0.05, 0) is 18.6 Å². The van der Waals surface area contributed by atoms with Crippen LogP contribution in [0.25, 0.3) is 0 Å². The maximum atomic E-state index is 12.6. The zero-order chi connectivity index (χ0) is 19.2. The second-order valence-corrected chi connectivity index (χ2v) is 6.18. The molecule has 1 amide bonds. The number of aliphatic imine (C=N–C) groups is 1. The topological polar surface area (TPSA) is 87.9 Å². The van der Waals surface area contributed by atoms with E-state index < -0.39 is 0 Å². The van der Waals surface area contributed by atoms with Crippen molar-refractivity contribution in [2.45, 2.75) is 13.5 Å². The maximum Gasteiger partial charge on any atom is 0.246 e. The molecular formula is C18H26IN7O2. The molecule has 1 fully saturated rings. The van der Waals surface area contributed by atoms with Crippen LogP contribution in [0.15, 0.2) is 35.7 Å². The third-order valence-corrected chi connectivity index (χ3v) is 4.28. The summed E-state index contributed by atoms with van der Waals surface area (Å²) in [7, 11) is 3.56. The number of aryl methyl sites for hydroxylation is 1. The van der Waals surface area contributed by atoms with Crippen molar-refractivity contribution in [3.8, 4) is 5.88 Å². The Morgan fingerprint density at radius 2 is 2.21 bits per heavy atom. The van der Waals surface area contributed by atoms with Gasteiger partial charge in [0.05, 0.1) is 18.5 Å². The van der Waals surface area contributed by atoms with Crippen LogP contribution in [0.4, 0.5) is 5.69 Å². The molecule has 1 N–H and O–H groups in total. The number of nitrogens with one attached hydrogen (secondary N) is 1. The zero-order valence-electron chi connectivity index (χ0n) is 16.3. The number of anilines is 1. The maximum absolute atomic E-state index is 12.6. The summed E-state index contributed by atoms with van der Waals surface area (Å²) in [4.78, 5) is 24.8. The van der Waals surface area contributed by atoms with E-state index in [2.05, 4.69) is 20.4 Å². The van der Waals surface area contributed by atoms with Crippen LogP contribution in [0, 0.1) is 0 Å². The Hall–Kier alpha value is -2.37. The number of aromatic nitrogens is 3. The van der Waals surface area contributed by atoms with Crippen LogP contribution < -0.4 is 15.0 Å². The minimum absolute atomic E-state index is 0. The minimum Gasteiger partial charge on any atom is -0.478 e. The van der Waals surface area contributed by atoms with Crippen molar-refractivity contribution in [1.29, 1.82) is 0 Å². The van der Waals surface area contributed by atoms with Crippen LogP contribution in [0.2, 0.25) is 0 Å². The molecule has 1 aliphatic heterocycles. The van der Waals surface area contributed by atoms with E-state index in [1.54, 1.807) is 29.0 Å². The van der Waals surface area contributed by atoms with Crippen molar-refractivity contribution in [2.24, 2.45) is 12.0 Å². The summed E-state index contributed by atoms with van der Waals surface area (Å²) in [5, 5.41) is 7.45. The number of carbonyl (C=O) groups is 1. The average molecular weight is 499 g/mol. The highest BCUT2D eigenvalue weighted by atomic mass is 127. The Kier molecular flexibility index (Phi) is 8.03. The molecule has 0 bridgehead atoms. The lowest BCUT2D eigenvalue weighted by atomic mass is 10.2. The lowest BCUT2D eigenvalue weighted by Crippen LogP contribution is -2.55. The summed E-state index contributed by atoms with van der Waals surface area (Å²) in [5.74, 6) is 1.33. The number of pyridine rings is 1. The fourth-order valence-electron chi connectivity index (χ4n) is 2.98. The number of hydrogen-bond acceptors (Lipinski definition) is 5. The molecule has 0 aromatic carbocycles. The Bertz CT molecular complexity index is 824. The van der Waals surface area contributed by atoms with Gasteiger partial charge in [-0.25, -0.2) is 4.98 Å². The molecule has 1 aliphatic rings. The van der Waals surface area contributed by atoms with Crippen LogP contribution in [0.3, 0.4) is 0 Å². The average Bonchev–Trinajstić information content (AvgIpc) is 3.09. The number of piperazine rings is 1. The van der Waals surface area contributed by atoms with Gasteiger partial charge in [0.1, 0.15) is 6.54 Å². The predicted molar refractivity (Wildman–Crippen MR) is 118 cm³/mol. The molecule has 0 radical (unpaired) electrons. The predicted octanol–water partition coefficient (Wildman–Crippen LogP) is 1.26. The van der Waals surface area contributed by atoms with E-state index >= 15 is 0 Å². The molecule has 0 aliphatic carbocycles. The van der Waals surface area contributed by atoms with Gasteiger partial charge in [0.2, 0.25) is 11.8 Å². The number of amides is 1. The highest BCUT2D eigenvalue weighted by molar-refractivity contribution is 14.0. The summed E-state index contributed by atoms with van der Waals surface area (Å²) in [6.07, 6.45) is 5.28. The van der Waals surface area contributed by atoms with Gasteiger partial charge in [-0.15, -0.1) is 24.0 Å². The standard InChI is InChI=1S/C18H25N7O2.HI/c1-4-27-16-9-14(5-6-20-16)10-21-18(19-2)24-7-8-25(17(26)13-24)15-11-22-23(3)12-15;/h5-6,9,11-12H,4,7-8,10,13H2,1-3H3,(H,19,21);1H. The molecule has 1 saturated heterocycles. The van der Waals surface area contributed by atoms with Gasteiger partial charge in [0, 0.05) is 52.2 Å². The van der Waals surface area contributed by atoms with Gasteiger partial charge in [-0.3, -0.25) is 14.5 Å². The van der Waals surface area contributed by atoms with E-state index in [-0.39, 0.29) is 36.4 Å². The van der Waals surface area contributed by atoms with Crippen molar-refractivity contribution in [2.75, 3.05) is 38.2 Å². The number of hydrogen-bond donors (Lipinski definition) is 1. The molecule has 0 saturated carbocycles. The van der Waals surface area contributed by atoms with E-state index in [1.165, 1.54) is 0 Å². The van der Waals surface area contributed by atoms with Gasteiger partial charge >= 0.3 is 0 Å². The summed E-state index contributed by atoms with van der Waals surface area (Å²) < 4.78 is 7.12. The molecule has 3 heterocycles. The second kappa shape index (κ2) is 10.2. The monoisotopic (exact) mass is 499 g/mol. The molecule has 2 aromatic rings. The van der Waals surface area contributed by atoms with Crippen LogP contribution >= 0.6 is 24.0 Å². The first-order valence-corrected chi connectivity index (χ1v) is 8.93. The first-order valence-electron chi connectivity index (χ1n) is 8.93. The smallest absolute Gasteiger partial charge is 0.246 e. The van der Waals surface area contributed by atoms with Gasteiger partial charge < -0.3 is 19.9 Å². The highest BCUT2D eigenvalue weighted by Gasteiger charge is 2.27. The quantitative estimate of drug-likeness (QED) is 0.379. The molecule has 152 valence electrons. The molecule has 0 spiro atoms. The van der Waals surface area contributed by atoms with Crippen molar-refractivity contribution >= 4 is 41.5 Å². The number of ether oxygens (including phenoxy) is 1. The summed E-state index contributed by atoms with van der Waals surface area (Å²) in [5.41, 5.74) is 1.86. The molecule has 3 rings (SSSR count). The number of rotatable bonds is 5. The summed E-state index contributed by atoms with van der Waals surface area (Å²) in [6.45, 7) is 4.64. The fourth-order valence-corrected chi connectivity index (χ4v) is 2.98. The number of halogens is 1. The zero-order valence-corrected chi connectivity index (χ0v) is 18.7. The van der Waals surface area contributed by atoms with Gasteiger partial charge in [0.25, 0.3) is 0 Å². The van der Waals surface area contributed by atoms with Crippen molar-refractivity contribution in [3.05, 3.63) is 36.3 Å². The highest BCUT2D eigenvalue weighted by Crippen LogP contribution is 2.16. The molecule has 28 heavy (non-hydrogen) atoms. The van der Waals surface area contributed by atoms with Crippen LogP contribution in [-0.2, 0) is 18.4 Å². The molecule has 0 atom stereocenters. The Balaban J connectivity index is 0.00000280. The number of carbonyl (C=O) groups excluding carboxylic acids is 1. The first kappa shape index (κ1) is 21.9. The van der Waals surface area contributed by atoms with Crippen molar-refractivity contribution < 1.29 is 9.53 Å². The van der Waals surface area contributed by atoms with Gasteiger partial charge in [0.15, 0.2) is 5.96 Å². The third kappa shape index (κ3) is 5.33. The Labute approximate surface area is 181 Å². The van der Waals surface area contributed by atoms with Crippen molar-refractivity contribution in [3.63, 3.8) is 0 Å². The molecular weight excluding hydrogens is 473 g/mol. The molecule has 0 unspecified atom stereocenters. The lowest BCUT2D eigenvalue weighted by Gasteiger charge is -2.35. The van der Waals surface area contributed by atoms with E-state index in [4.69, 9.17) is 4.74 Å². The molecule has 9 nitrogen and oxygen atoms in total. The number of guanidine groups is 1. The van der Waals surface area contributed by atoms with E-state index in [9.17, 15) is 4.79 Å². The van der Waals surface area contributed by atoms with Crippen molar-refractivity contribution in [1.82, 2.24) is 25.0 Å². The molecule has 2 aromatic heterocycles. The Morgan fingerprint density at radius 3 is 2.86 bits per heavy atom. The fraction of sp³-hybridized carbons (Fsp3) is 0.444. The van der Waals surface area contributed by atoms with Gasteiger partial charge in [-0.1, -0.05) is 0 Å². The van der Waals surface area contributed by atoms with Gasteiger partial charge in [-0.2, -0.15) is 5.10 Å². The SMILES string of the molecule is CCOc1cc(CNC(=NC)N2CCN(c3cnn(C)c3)C(=O)C2)ccn1.I.